The van der Waals surface area contributed by atoms with Crippen LogP contribution in [0.3, 0.4) is 0 Å². The Morgan fingerprint density at radius 1 is 1.17 bits per heavy atom. The second kappa shape index (κ2) is 9.29. The second-order valence-electron chi connectivity index (χ2n) is 9.96. The second-order valence-corrected chi connectivity index (χ2v) is 11.9. The van der Waals surface area contributed by atoms with Crippen LogP contribution in [0.2, 0.25) is 0 Å². The smallest absolute Gasteiger partial charge is 0.293 e. The van der Waals surface area contributed by atoms with Gasteiger partial charge >= 0.3 is 0 Å². The molecule has 1 saturated heterocycles. The van der Waals surface area contributed by atoms with Crippen molar-refractivity contribution < 1.29 is 17.9 Å². The van der Waals surface area contributed by atoms with Crippen molar-refractivity contribution >= 4 is 26.7 Å². The lowest BCUT2D eigenvalue weighted by Crippen LogP contribution is -2.40. The van der Waals surface area contributed by atoms with Gasteiger partial charge in [0.15, 0.2) is 5.78 Å². The van der Waals surface area contributed by atoms with Gasteiger partial charge in [-0.3, -0.25) is 14.3 Å². The van der Waals surface area contributed by atoms with E-state index >= 15 is 0 Å². The molecule has 1 aliphatic heterocycles. The summed E-state index contributed by atoms with van der Waals surface area (Å²) in [5, 5.41) is 9.59. The summed E-state index contributed by atoms with van der Waals surface area (Å²) in [5.41, 5.74) is 0.408. The van der Waals surface area contributed by atoms with E-state index in [-0.39, 0.29) is 36.0 Å². The van der Waals surface area contributed by atoms with Gasteiger partial charge in [0.05, 0.1) is 35.5 Å². The largest absolute Gasteiger partial charge is 0.379 e. The molecular weight excluding hydrogens is 470 g/mol. The zero-order valence-electron chi connectivity index (χ0n) is 20.7. The Kier molecular flexibility index (Phi) is 6.69. The summed E-state index contributed by atoms with van der Waals surface area (Å²) < 4.78 is 35.5. The molecule has 3 aromatic rings. The molecule has 0 aliphatic carbocycles. The normalized spacial score (nSPS) is 15.7. The van der Waals surface area contributed by atoms with Crippen molar-refractivity contribution in [2.75, 3.05) is 26.3 Å². The van der Waals surface area contributed by atoms with Crippen LogP contribution in [0.15, 0.2) is 40.2 Å². The summed E-state index contributed by atoms with van der Waals surface area (Å²) >= 11 is 0. The van der Waals surface area contributed by atoms with Gasteiger partial charge in [-0.05, 0) is 38.8 Å². The maximum absolute atomic E-state index is 13.4. The van der Waals surface area contributed by atoms with E-state index in [1.807, 2.05) is 34.6 Å². The Balaban J connectivity index is 1.72. The van der Waals surface area contributed by atoms with Crippen molar-refractivity contribution in [1.82, 2.24) is 23.9 Å². The Morgan fingerprint density at radius 2 is 1.86 bits per heavy atom. The number of hydrogen-bond donors (Lipinski definition) is 0. The van der Waals surface area contributed by atoms with Crippen LogP contribution in [0.5, 0.6) is 0 Å². The molecule has 0 radical (unpaired) electrons. The van der Waals surface area contributed by atoms with Crippen molar-refractivity contribution in [3.05, 3.63) is 52.1 Å². The van der Waals surface area contributed by atoms with Crippen LogP contribution in [-0.2, 0) is 26.8 Å². The number of sulfonamides is 1. The monoisotopic (exact) mass is 501 g/mol. The summed E-state index contributed by atoms with van der Waals surface area (Å²) in [5.74, 6) is -0.409. The minimum atomic E-state index is -3.75. The number of benzene rings is 1. The van der Waals surface area contributed by atoms with Gasteiger partial charge < -0.3 is 4.74 Å². The van der Waals surface area contributed by atoms with Gasteiger partial charge in [0, 0.05) is 24.0 Å². The molecule has 0 bridgehead atoms. The molecule has 0 spiro atoms. The van der Waals surface area contributed by atoms with Gasteiger partial charge in [0.25, 0.3) is 5.56 Å². The average molecular weight is 502 g/mol. The SMILES string of the molecule is CC(C)c1nn(CC(=O)c2cccc(S(=O)(=O)N3CCOCC3)c2)c(=O)c2c1cnn2C(C)(C)C. The van der Waals surface area contributed by atoms with Gasteiger partial charge in [-0.2, -0.15) is 14.5 Å². The van der Waals surface area contributed by atoms with E-state index in [4.69, 9.17) is 4.74 Å². The molecule has 0 N–H and O–H groups in total. The molecule has 10 nitrogen and oxygen atoms in total. The van der Waals surface area contributed by atoms with E-state index < -0.39 is 26.9 Å². The van der Waals surface area contributed by atoms with Gasteiger partial charge in [-0.1, -0.05) is 26.0 Å². The van der Waals surface area contributed by atoms with E-state index in [1.54, 1.807) is 16.9 Å². The van der Waals surface area contributed by atoms with Crippen molar-refractivity contribution in [3.8, 4) is 0 Å². The van der Waals surface area contributed by atoms with Gasteiger partial charge in [0.2, 0.25) is 10.0 Å². The van der Waals surface area contributed by atoms with Crippen LogP contribution >= 0.6 is 0 Å². The number of ether oxygens (including phenoxy) is 1. The highest BCUT2D eigenvalue weighted by Gasteiger charge is 2.28. The van der Waals surface area contributed by atoms with Crippen LogP contribution in [0, 0.1) is 0 Å². The number of fused-ring (bicyclic) bond motifs is 1. The number of carbonyl (C=O) groups is 1. The van der Waals surface area contributed by atoms with E-state index in [2.05, 4.69) is 10.2 Å². The minimum absolute atomic E-state index is 0.000867. The third-order valence-electron chi connectivity index (χ3n) is 5.95. The highest BCUT2D eigenvalue weighted by atomic mass is 32.2. The first-order chi connectivity index (χ1) is 16.4. The van der Waals surface area contributed by atoms with Crippen molar-refractivity contribution in [1.29, 1.82) is 0 Å². The van der Waals surface area contributed by atoms with Crippen molar-refractivity contribution in [3.63, 3.8) is 0 Å². The Morgan fingerprint density at radius 3 is 2.49 bits per heavy atom. The highest BCUT2D eigenvalue weighted by Crippen LogP contribution is 2.25. The standard InChI is InChI=1S/C24H31N5O5S/c1-16(2)21-19-14-25-29(24(3,4)5)22(19)23(31)28(26-21)15-20(30)17-7-6-8-18(13-17)35(32,33)27-9-11-34-12-10-27/h6-8,13-14,16H,9-12,15H2,1-5H3. The van der Waals surface area contributed by atoms with Crippen LogP contribution in [0.25, 0.3) is 10.9 Å². The minimum Gasteiger partial charge on any atom is -0.379 e. The third-order valence-corrected chi connectivity index (χ3v) is 7.84. The lowest BCUT2D eigenvalue weighted by atomic mass is 10.1. The molecule has 1 aromatic carbocycles. The highest BCUT2D eigenvalue weighted by molar-refractivity contribution is 7.89. The van der Waals surface area contributed by atoms with Crippen LogP contribution in [0.4, 0.5) is 0 Å². The number of rotatable bonds is 6. The molecule has 1 aliphatic rings. The van der Waals surface area contributed by atoms with Gasteiger partial charge in [-0.25, -0.2) is 13.1 Å². The topological polar surface area (TPSA) is 116 Å². The van der Waals surface area contributed by atoms with Crippen molar-refractivity contribution in [2.24, 2.45) is 0 Å². The zero-order valence-corrected chi connectivity index (χ0v) is 21.5. The Bertz CT molecular complexity index is 1430. The lowest BCUT2D eigenvalue weighted by molar-refractivity contribution is 0.0730. The maximum atomic E-state index is 13.4. The van der Waals surface area contributed by atoms with Gasteiger partial charge in [0.1, 0.15) is 12.1 Å². The molecule has 2 aromatic heterocycles. The molecule has 3 heterocycles. The summed E-state index contributed by atoms with van der Waals surface area (Å²) in [6.07, 6.45) is 1.65. The number of Topliss-reactive ketones (excluding diaryl/α,β-unsaturated/α-hetero) is 1. The quantitative estimate of drug-likeness (QED) is 0.476. The number of aromatic nitrogens is 4. The number of hydrogen-bond acceptors (Lipinski definition) is 7. The number of morpholine rings is 1. The Hall–Kier alpha value is -2.89. The van der Waals surface area contributed by atoms with Crippen LogP contribution in [0.1, 0.15) is 56.6 Å². The van der Waals surface area contributed by atoms with E-state index in [9.17, 15) is 18.0 Å². The predicted octanol–water partition coefficient (Wildman–Crippen LogP) is 2.38. The molecule has 1 fully saturated rings. The summed E-state index contributed by atoms with van der Waals surface area (Å²) in [7, 11) is -3.75. The lowest BCUT2D eigenvalue weighted by Gasteiger charge is -2.26. The molecule has 11 heteroatoms. The molecule has 0 atom stereocenters. The fourth-order valence-electron chi connectivity index (χ4n) is 4.13. The predicted molar refractivity (Wildman–Crippen MR) is 131 cm³/mol. The molecule has 0 unspecified atom stereocenters. The van der Waals surface area contributed by atoms with E-state index in [0.717, 1.165) is 4.68 Å². The first-order valence-corrected chi connectivity index (χ1v) is 13.1. The third kappa shape index (κ3) is 4.80. The molecule has 0 saturated carbocycles. The van der Waals surface area contributed by atoms with Crippen molar-refractivity contribution in [2.45, 2.75) is 57.5 Å². The molecule has 35 heavy (non-hydrogen) atoms. The van der Waals surface area contributed by atoms with E-state index in [1.165, 1.54) is 22.5 Å². The fraction of sp³-hybridized carbons (Fsp3) is 0.500. The Labute approximate surface area is 204 Å². The zero-order chi connectivity index (χ0) is 25.5. The summed E-state index contributed by atoms with van der Waals surface area (Å²) in [4.78, 5) is 26.6. The fourth-order valence-corrected chi connectivity index (χ4v) is 5.58. The number of carbonyl (C=O) groups excluding carboxylic acids is 1. The molecule has 0 amide bonds. The van der Waals surface area contributed by atoms with E-state index in [0.29, 0.717) is 29.8 Å². The first kappa shape index (κ1) is 25.2. The number of ketones is 1. The van der Waals surface area contributed by atoms with Crippen LogP contribution in [-0.4, -0.2) is 64.4 Å². The molecular formula is C24H31N5O5S. The maximum Gasteiger partial charge on any atom is 0.293 e. The van der Waals surface area contributed by atoms with Crippen LogP contribution < -0.4 is 5.56 Å². The van der Waals surface area contributed by atoms with Gasteiger partial charge in [-0.15, -0.1) is 0 Å². The first-order valence-electron chi connectivity index (χ1n) is 11.6. The molecule has 188 valence electrons. The summed E-state index contributed by atoms with van der Waals surface area (Å²) in [6.45, 7) is 10.7. The average Bonchev–Trinajstić information content (AvgIpc) is 3.27. The number of nitrogens with zero attached hydrogens (tertiary/aromatic N) is 5. The molecule has 4 rings (SSSR count). The summed E-state index contributed by atoms with van der Waals surface area (Å²) in [6, 6.07) is 5.91.